The highest BCUT2D eigenvalue weighted by molar-refractivity contribution is 6.40. The molecule has 27 heavy (non-hydrogen) atoms. The molecule has 0 aromatic heterocycles. The van der Waals surface area contributed by atoms with Gasteiger partial charge in [0.15, 0.2) is 0 Å². The lowest BCUT2D eigenvalue weighted by atomic mass is 10.2. The van der Waals surface area contributed by atoms with Crippen molar-refractivity contribution in [3.63, 3.8) is 0 Å². The van der Waals surface area contributed by atoms with Gasteiger partial charge in [0.2, 0.25) is 0 Å². The van der Waals surface area contributed by atoms with E-state index in [9.17, 15) is 9.59 Å². The van der Waals surface area contributed by atoms with Crippen molar-refractivity contribution in [3.8, 4) is 6.07 Å². The van der Waals surface area contributed by atoms with E-state index < -0.39 is 11.8 Å². The van der Waals surface area contributed by atoms with Crippen molar-refractivity contribution in [1.82, 2.24) is 4.90 Å². The van der Waals surface area contributed by atoms with E-state index in [2.05, 4.69) is 10.2 Å². The van der Waals surface area contributed by atoms with Gasteiger partial charge in [-0.3, -0.25) is 9.59 Å². The first-order valence-electron chi connectivity index (χ1n) is 8.28. The summed E-state index contributed by atoms with van der Waals surface area (Å²) in [6.45, 7) is 2.03. The van der Waals surface area contributed by atoms with Crippen molar-refractivity contribution in [3.05, 3.63) is 58.1 Å². The fraction of sp³-hybridized carbons (Fsp3) is 0.211. The molecular formula is C19H16Cl2N4O2. The fourth-order valence-electron chi connectivity index (χ4n) is 2.88. The summed E-state index contributed by atoms with van der Waals surface area (Å²) in [6.07, 6.45) is 0. The molecule has 2 amide bonds. The highest BCUT2D eigenvalue weighted by Crippen LogP contribution is 2.22. The Bertz CT molecular complexity index is 918. The lowest BCUT2D eigenvalue weighted by Gasteiger charge is -2.35. The van der Waals surface area contributed by atoms with Crippen molar-refractivity contribution in [2.75, 3.05) is 36.4 Å². The van der Waals surface area contributed by atoms with E-state index in [0.29, 0.717) is 36.2 Å². The number of anilines is 2. The monoisotopic (exact) mass is 402 g/mol. The van der Waals surface area contributed by atoms with E-state index in [1.165, 1.54) is 17.0 Å². The van der Waals surface area contributed by atoms with Crippen LogP contribution in [0.25, 0.3) is 0 Å². The number of nitrogens with zero attached hydrogens (tertiary/aromatic N) is 3. The largest absolute Gasteiger partial charge is 0.368 e. The molecule has 1 aliphatic rings. The van der Waals surface area contributed by atoms with Gasteiger partial charge in [-0.1, -0.05) is 29.3 Å². The number of halogens is 2. The van der Waals surface area contributed by atoms with Crippen molar-refractivity contribution in [1.29, 1.82) is 5.26 Å². The first-order valence-corrected chi connectivity index (χ1v) is 9.04. The molecule has 1 saturated heterocycles. The van der Waals surface area contributed by atoms with Gasteiger partial charge < -0.3 is 15.1 Å². The normalized spacial score (nSPS) is 13.8. The van der Waals surface area contributed by atoms with Gasteiger partial charge in [-0.15, -0.1) is 0 Å². The Morgan fingerprint density at radius 2 is 1.70 bits per heavy atom. The van der Waals surface area contributed by atoms with Crippen LogP contribution in [0.2, 0.25) is 10.0 Å². The number of benzene rings is 2. The fourth-order valence-corrected chi connectivity index (χ4v) is 3.23. The van der Waals surface area contributed by atoms with Crippen LogP contribution in [0.5, 0.6) is 0 Å². The van der Waals surface area contributed by atoms with Crippen LogP contribution in [0.15, 0.2) is 42.5 Å². The minimum Gasteiger partial charge on any atom is -0.368 e. The van der Waals surface area contributed by atoms with E-state index in [4.69, 9.17) is 28.5 Å². The number of hydrogen-bond donors (Lipinski definition) is 1. The second-order valence-corrected chi connectivity index (χ2v) is 6.89. The quantitative estimate of drug-likeness (QED) is 0.782. The Morgan fingerprint density at radius 1 is 1.00 bits per heavy atom. The molecule has 0 radical (unpaired) electrons. The molecule has 8 heteroatoms. The van der Waals surface area contributed by atoms with Crippen LogP contribution >= 0.6 is 23.2 Å². The molecule has 0 saturated carbocycles. The number of carbonyl (C=O) groups excluding carboxylic acids is 2. The second kappa shape index (κ2) is 8.30. The summed E-state index contributed by atoms with van der Waals surface area (Å²) >= 11 is 11.9. The number of amides is 2. The zero-order valence-electron chi connectivity index (χ0n) is 14.3. The lowest BCUT2D eigenvalue weighted by Crippen LogP contribution is -2.51. The summed E-state index contributed by atoms with van der Waals surface area (Å²) in [5.41, 5.74) is 1.45. The van der Waals surface area contributed by atoms with Crippen LogP contribution in [-0.4, -0.2) is 42.9 Å². The lowest BCUT2D eigenvalue weighted by molar-refractivity contribution is -0.143. The zero-order valence-corrected chi connectivity index (χ0v) is 15.8. The van der Waals surface area contributed by atoms with E-state index >= 15 is 0 Å². The Hall–Kier alpha value is -2.75. The van der Waals surface area contributed by atoms with Crippen LogP contribution in [0.1, 0.15) is 5.56 Å². The maximum Gasteiger partial charge on any atom is 0.313 e. The summed E-state index contributed by atoms with van der Waals surface area (Å²) in [6, 6.07) is 14.0. The van der Waals surface area contributed by atoms with Gasteiger partial charge in [0.25, 0.3) is 0 Å². The van der Waals surface area contributed by atoms with Gasteiger partial charge in [0.1, 0.15) is 6.07 Å². The molecule has 0 bridgehead atoms. The number of nitriles is 1. The standard InChI is InChI=1S/C19H16Cl2N4O2/c20-14-2-1-3-16(10-14)24-6-8-25(9-7-24)19(27)18(26)23-17-11-15(21)5-4-13(17)12-22/h1-5,10-11H,6-9H2,(H,23,26). The predicted molar refractivity (Wildman–Crippen MR) is 105 cm³/mol. The Labute approximate surface area is 166 Å². The number of piperazine rings is 1. The predicted octanol–water partition coefficient (Wildman–Crippen LogP) is 3.15. The molecule has 3 rings (SSSR count). The van der Waals surface area contributed by atoms with E-state index in [1.807, 2.05) is 24.3 Å². The first-order chi connectivity index (χ1) is 13.0. The summed E-state index contributed by atoms with van der Waals surface area (Å²) in [5, 5.41) is 12.6. The number of hydrogen-bond acceptors (Lipinski definition) is 4. The van der Waals surface area contributed by atoms with Gasteiger partial charge in [-0.25, -0.2) is 0 Å². The SMILES string of the molecule is N#Cc1ccc(Cl)cc1NC(=O)C(=O)N1CCN(c2cccc(Cl)c2)CC1. The summed E-state index contributed by atoms with van der Waals surface area (Å²) in [7, 11) is 0. The molecule has 1 heterocycles. The van der Waals surface area contributed by atoms with Gasteiger partial charge >= 0.3 is 11.8 Å². The number of rotatable bonds is 2. The second-order valence-electron chi connectivity index (χ2n) is 6.01. The minimum atomic E-state index is -0.787. The van der Waals surface area contributed by atoms with Gasteiger partial charge in [0.05, 0.1) is 11.3 Å². The van der Waals surface area contributed by atoms with Crippen LogP contribution in [-0.2, 0) is 9.59 Å². The minimum absolute atomic E-state index is 0.223. The maximum absolute atomic E-state index is 12.4. The Balaban J connectivity index is 1.61. The van der Waals surface area contributed by atoms with Crippen LogP contribution in [0.3, 0.4) is 0 Å². The molecule has 0 atom stereocenters. The molecule has 1 aliphatic heterocycles. The van der Waals surface area contributed by atoms with Gasteiger partial charge in [-0.05, 0) is 36.4 Å². The third-order valence-corrected chi connectivity index (χ3v) is 4.75. The van der Waals surface area contributed by atoms with Crippen LogP contribution in [0.4, 0.5) is 11.4 Å². The Kier molecular flexibility index (Phi) is 5.84. The van der Waals surface area contributed by atoms with E-state index in [-0.39, 0.29) is 11.3 Å². The Morgan fingerprint density at radius 3 is 2.37 bits per heavy atom. The van der Waals surface area contributed by atoms with E-state index in [1.54, 1.807) is 12.1 Å². The molecule has 2 aromatic rings. The average molecular weight is 403 g/mol. The first kappa shape index (κ1) is 19.0. The molecule has 0 aliphatic carbocycles. The highest BCUT2D eigenvalue weighted by atomic mass is 35.5. The summed E-state index contributed by atoms with van der Waals surface area (Å²) in [5.74, 6) is -1.42. The molecular weight excluding hydrogens is 387 g/mol. The van der Waals surface area contributed by atoms with Crippen molar-refractivity contribution >= 4 is 46.4 Å². The van der Waals surface area contributed by atoms with Crippen LogP contribution < -0.4 is 10.2 Å². The zero-order chi connectivity index (χ0) is 19.4. The number of nitrogens with one attached hydrogen (secondary N) is 1. The van der Waals surface area contributed by atoms with Crippen molar-refractivity contribution in [2.24, 2.45) is 0 Å². The van der Waals surface area contributed by atoms with Crippen molar-refractivity contribution in [2.45, 2.75) is 0 Å². The average Bonchev–Trinajstić information content (AvgIpc) is 2.67. The summed E-state index contributed by atoms with van der Waals surface area (Å²) < 4.78 is 0. The summed E-state index contributed by atoms with van der Waals surface area (Å²) in [4.78, 5) is 28.3. The third kappa shape index (κ3) is 4.51. The van der Waals surface area contributed by atoms with Gasteiger partial charge in [0, 0.05) is 41.9 Å². The molecule has 0 spiro atoms. The molecule has 0 unspecified atom stereocenters. The maximum atomic E-state index is 12.4. The smallest absolute Gasteiger partial charge is 0.313 e. The van der Waals surface area contributed by atoms with E-state index in [0.717, 1.165) is 5.69 Å². The molecule has 2 aromatic carbocycles. The number of carbonyl (C=O) groups is 2. The molecule has 138 valence electrons. The molecule has 1 fully saturated rings. The highest BCUT2D eigenvalue weighted by Gasteiger charge is 2.26. The van der Waals surface area contributed by atoms with Crippen molar-refractivity contribution < 1.29 is 9.59 Å². The molecule has 6 nitrogen and oxygen atoms in total. The topological polar surface area (TPSA) is 76.4 Å². The molecule has 1 N–H and O–H groups in total. The van der Waals surface area contributed by atoms with Crippen LogP contribution in [0, 0.1) is 11.3 Å². The van der Waals surface area contributed by atoms with Gasteiger partial charge in [-0.2, -0.15) is 5.26 Å². The third-order valence-electron chi connectivity index (χ3n) is 4.28.